The van der Waals surface area contributed by atoms with Crippen molar-refractivity contribution in [3.8, 4) is 11.9 Å². The summed E-state index contributed by atoms with van der Waals surface area (Å²) in [7, 11) is 0. The average Bonchev–Trinajstić information content (AvgIpc) is 2.67. The monoisotopic (exact) mass is 269 g/mol. The molecule has 0 aliphatic carbocycles. The number of hydrogen-bond donors (Lipinski definition) is 0. The Labute approximate surface area is 114 Å². The van der Waals surface area contributed by atoms with E-state index in [4.69, 9.17) is 9.47 Å². The first-order chi connectivity index (χ1) is 9.88. The van der Waals surface area contributed by atoms with E-state index in [9.17, 15) is 5.26 Å². The van der Waals surface area contributed by atoms with E-state index in [-0.39, 0.29) is 12.1 Å². The number of anilines is 1. The Morgan fingerprint density at radius 3 is 3.10 bits per heavy atom. The van der Waals surface area contributed by atoms with Crippen LogP contribution in [0.2, 0.25) is 0 Å². The molecule has 0 N–H and O–H groups in total. The number of rotatable bonds is 0. The zero-order valence-electron chi connectivity index (χ0n) is 10.6. The highest BCUT2D eigenvalue weighted by atomic mass is 16.5. The van der Waals surface area contributed by atoms with E-state index in [1.54, 1.807) is 6.20 Å². The molecule has 1 fully saturated rings. The Kier molecular flexibility index (Phi) is 2.44. The first-order valence-electron chi connectivity index (χ1n) is 6.36. The molecule has 0 saturated carbocycles. The van der Waals surface area contributed by atoms with Gasteiger partial charge in [0.05, 0.1) is 30.8 Å². The predicted octanol–water partition coefficient (Wildman–Crippen LogP) is 0.515. The molecule has 7 nitrogen and oxygen atoms in total. The summed E-state index contributed by atoms with van der Waals surface area (Å²) in [6.45, 7) is 1.30. The molecule has 20 heavy (non-hydrogen) atoms. The minimum atomic E-state index is -0.374. The van der Waals surface area contributed by atoms with E-state index in [0.717, 1.165) is 10.9 Å². The second-order valence-electron chi connectivity index (χ2n) is 4.76. The zero-order chi connectivity index (χ0) is 13.5. The van der Waals surface area contributed by atoms with Gasteiger partial charge in [-0.1, -0.05) is 0 Å². The van der Waals surface area contributed by atoms with Crippen molar-refractivity contribution in [3.63, 3.8) is 0 Å². The molecule has 4 heterocycles. The van der Waals surface area contributed by atoms with Crippen LogP contribution in [0.5, 0.6) is 5.88 Å². The highest BCUT2D eigenvalue weighted by molar-refractivity contribution is 5.94. The van der Waals surface area contributed by atoms with Gasteiger partial charge in [0.15, 0.2) is 0 Å². The predicted molar refractivity (Wildman–Crippen MR) is 69.3 cm³/mol. The van der Waals surface area contributed by atoms with E-state index < -0.39 is 0 Å². The van der Waals surface area contributed by atoms with E-state index in [2.05, 4.69) is 21.0 Å². The Morgan fingerprint density at radius 1 is 1.25 bits per heavy atom. The maximum Gasteiger partial charge on any atom is 0.226 e. The Hall–Kier alpha value is -2.46. The lowest BCUT2D eigenvalue weighted by atomic mass is 10.1. The van der Waals surface area contributed by atoms with Gasteiger partial charge >= 0.3 is 0 Å². The van der Waals surface area contributed by atoms with Crippen LogP contribution in [0, 0.1) is 11.3 Å². The molecular weight excluding hydrogens is 258 g/mol. The number of ether oxygens (including phenoxy) is 2. The SMILES string of the molecule is N#CC1COCC2COc3nccc4ncnc(c34)N12. The van der Waals surface area contributed by atoms with Gasteiger partial charge in [0.25, 0.3) is 0 Å². The van der Waals surface area contributed by atoms with Crippen molar-refractivity contribution in [1.29, 1.82) is 5.26 Å². The number of morpholine rings is 1. The van der Waals surface area contributed by atoms with Gasteiger partial charge in [-0.15, -0.1) is 0 Å². The van der Waals surface area contributed by atoms with Crippen molar-refractivity contribution in [2.45, 2.75) is 12.1 Å². The number of fused-ring (bicyclic) bond motifs is 2. The Morgan fingerprint density at radius 2 is 2.20 bits per heavy atom. The highest BCUT2D eigenvalue weighted by Crippen LogP contribution is 2.35. The third-order valence-electron chi connectivity index (χ3n) is 3.62. The van der Waals surface area contributed by atoms with Crippen molar-refractivity contribution in [2.24, 2.45) is 0 Å². The standard InChI is InChI=1S/C13H11N5O2/c14-3-8-4-19-5-9-6-20-13-11-10(1-2-15-13)16-7-17-12(11)18(8)9/h1-2,7-9H,4-6H2. The first-order valence-corrected chi connectivity index (χ1v) is 6.36. The number of nitriles is 1. The lowest BCUT2D eigenvalue weighted by Crippen LogP contribution is -2.54. The van der Waals surface area contributed by atoms with Crippen LogP contribution in [0.4, 0.5) is 5.82 Å². The van der Waals surface area contributed by atoms with Gasteiger partial charge in [0.2, 0.25) is 5.88 Å². The van der Waals surface area contributed by atoms with Crippen LogP contribution in [0.1, 0.15) is 0 Å². The Balaban J connectivity index is 1.98. The van der Waals surface area contributed by atoms with Gasteiger partial charge in [-0.2, -0.15) is 5.26 Å². The normalized spacial score (nSPS) is 24.4. The van der Waals surface area contributed by atoms with Gasteiger partial charge in [-0.3, -0.25) is 0 Å². The number of aromatic nitrogens is 3. The van der Waals surface area contributed by atoms with Gasteiger partial charge in [0, 0.05) is 6.20 Å². The molecule has 0 amide bonds. The molecular formula is C13H11N5O2. The summed E-state index contributed by atoms with van der Waals surface area (Å²) in [6, 6.07) is 3.67. The molecule has 0 bridgehead atoms. The molecule has 7 heteroatoms. The minimum absolute atomic E-state index is 0.0410. The summed E-state index contributed by atoms with van der Waals surface area (Å²) in [5.41, 5.74) is 0.767. The molecule has 2 aromatic rings. The van der Waals surface area contributed by atoms with Crippen LogP contribution in [-0.2, 0) is 4.74 Å². The average molecular weight is 269 g/mol. The number of hydrogen-bond acceptors (Lipinski definition) is 7. The molecule has 0 radical (unpaired) electrons. The van der Waals surface area contributed by atoms with Crippen LogP contribution in [0.3, 0.4) is 0 Å². The third-order valence-corrected chi connectivity index (χ3v) is 3.62. The topological polar surface area (TPSA) is 84.2 Å². The lowest BCUT2D eigenvalue weighted by Gasteiger charge is -2.38. The second kappa shape index (κ2) is 4.28. The zero-order valence-corrected chi connectivity index (χ0v) is 10.6. The van der Waals surface area contributed by atoms with Gasteiger partial charge < -0.3 is 14.4 Å². The van der Waals surface area contributed by atoms with Crippen molar-refractivity contribution in [3.05, 3.63) is 18.6 Å². The molecule has 1 saturated heterocycles. The summed E-state index contributed by atoms with van der Waals surface area (Å²) >= 11 is 0. The van der Waals surface area contributed by atoms with Crippen molar-refractivity contribution >= 4 is 16.7 Å². The largest absolute Gasteiger partial charge is 0.475 e. The molecule has 2 atom stereocenters. The smallest absolute Gasteiger partial charge is 0.226 e. The van der Waals surface area contributed by atoms with Crippen molar-refractivity contribution in [2.75, 3.05) is 24.7 Å². The molecule has 2 aromatic heterocycles. The van der Waals surface area contributed by atoms with Crippen molar-refractivity contribution in [1.82, 2.24) is 15.0 Å². The van der Waals surface area contributed by atoms with Crippen LogP contribution < -0.4 is 9.64 Å². The molecule has 2 unspecified atom stereocenters. The van der Waals surface area contributed by atoms with Crippen LogP contribution >= 0.6 is 0 Å². The minimum Gasteiger partial charge on any atom is -0.475 e. The lowest BCUT2D eigenvalue weighted by molar-refractivity contribution is 0.0641. The first kappa shape index (κ1) is 11.4. The molecule has 2 aliphatic heterocycles. The van der Waals surface area contributed by atoms with Crippen LogP contribution in [-0.4, -0.2) is 46.9 Å². The second-order valence-corrected chi connectivity index (χ2v) is 4.76. The Bertz CT molecular complexity index is 708. The molecule has 2 aliphatic rings. The summed E-state index contributed by atoms with van der Waals surface area (Å²) in [5, 5.41) is 10.1. The quantitative estimate of drug-likeness (QED) is 0.689. The molecule has 0 aromatic carbocycles. The van der Waals surface area contributed by atoms with Crippen LogP contribution in [0.15, 0.2) is 18.6 Å². The highest BCUT2D eigenvalue weighted by Gasteiger charge is 2.36. The molecule has 4 rings (SSSR count). The summed E-state index contributed by atoms with van der Waals surface area (Å²) < 4.78 is 11.2. The van der Waals surface area contributed by atoms with E-state index in [1.807, 2.05) is 11.0 Å². The van der Waals surface area contributed by atoms with Gasteiger partial charge in [0.1, 0.15) is 30.2 Å². The van der Waals surface area contributed by atoms with E-state index >= 15 is 0 Å². The van der Waals surface area contributed by atoms with E-state index in [1.165, 1.54) is 6.33 Å². The van der Waals surface area contributed by atoms with E-state index in [0.29, 0.717) is 31.5 Å². The van der Waals surface area contributed by atoms with Crippen LogP contribution in [0.25, 0.3) is 10.9 Å². The van der Waals surface area contributed by atoms with Gasteiger partial charge in [-0.25, -0.2) is 15.0 Å². The molecule has 100 valence electrons. The summed E-state index contributed by atoms with van der Waals surface area (Å²) in [5.74, 6) is 1.22. The van der Waals surface area contributed by atoms with Gasteiger partial charge in [-0.05, 0) is 6.07 Å². The fourth-order valence-electron chi connectivity index (χ4n) is 2.72. The molecule has 0 spiro atoms. The maximum absolute atomic E-state index is 9.35. The summed E-state index contributed by atoms with van der Waals surface area (Å²) in [6.07, 6.45) is 3.17. The third kappa shape index (κ3) is 1.52. The fraction of sp³-hybridized carbons (Fsp3) is 0.385. The van der Waals surface area contributed by atoms with Crippen molar-refractivity contribution < 1.29 is 9.47 Å². The maximum atomic E-state index is 9.35. The fourth-order valence-corrected chi connectivity index (χ4v) is 2.72. The number of nitrogens with zero attached hydrogens (tertiary/aromatic N) is 5. The summed E-state index contributed by atoms with van der Waals surface area (Å²) in [4.78, 5) is 14.8. The number of pyridine rings is 1.